The van der Waals surface area contributed by atoms with Crippen LogP contribution in [-0.4, -0.2) is 35.9 Å². The predicted molar refractivity (Wildman–Crippen MR) is 104 cm³/mol. The van der Waals surface area contributed by atoms with E-state index in [0.29, 0.717) is 31.0 Å². The van der Waals surface area contributed by atoms with Gasteiger partial charge in [0, 0.05) is 6.54 Å². The Labute approximate surface area is 159 Å². The Bertz CT molecular complexity index is 822. The third kappa shape index (κ3) is 4.65. The summed E-state index contributed by atoms with van der Waals surface area (Å²) in [5.41, 5.74) is 8.45. The second kappa shape index (κ2) is 8.68. The standard InChI is InChI=1S/C21H25N3O3/c1-2-11-27-19-10-6-5-9-17(19)23-20(25)14-24-13-16-8-4-3-7-15(16)12-18(24)21(22)26/h3-10,18H,2,11-14H2,1H3,(H2,22,26)(H,23,25)/t18-/m0/s1. The fourth-order valence-corrected chi connectivity index (χ4v) is 3.31. The van der Waals surface area contributed by atoms with Crippen molar-refractivity contribution in [1.29, 1.82) is 0 Å². The number of nitrogens with zero attached hydrogens (tertiary/aromatic N) is 1. The van der Waals surface area contributed by atoms with E-state index in [2.05, 4.69) is 5.32 Å². The molecule has 0 saturated carbocycles. The van der Waals surface area contributed by atoms with Crippen molar-refractivity contribution in [2.75, 3.05) is 18.5 Å². The van der Waals surface area contributed by atoms with Crippen LogP contribution < -0.4 is 15.8 Å². The maximum atomic E-state index is 12.6. The van der Waals surface area contributed by atoms with E-state index in [0.717, 1.165) is 17.5 Å². The molecule has 27 heavy (non-hydrogen) atoms. The van der Waals surface area contributed by atoms with Gasteiger partial charge in [-0.15, -0.1) is 0 Å². The van der Waals surface area contributed by atoms with Gasteiger partial charge < -0.3 is 15.8 Å². The predicted octanol–water partition coefficient (Wildman–Crippen LogP) is 2.33. The fourth-order valence-electron chi connectivity index (χ4n) is 3.31. The number of nitrogens with one attached hydrogen (secondary N) is 1. The van der Waals surface area contributed by atoms with Crippen LogP contribution >= 0.6 is 0 Å². The number of para-hydroxylation sites is 2. The summed E-state index contributed by atoms with van der Waals surface area (Å²) in [5.74, 6) is 0.0281. The molecule has 0 bridgehead atoms. The van der Waals surface area contributed by atoms with Crippen LogP contribution in [0, 0.1) is 0 Å². The molecule has 6 heteroatoms. The molecule has 0 saturated heterocycles. The lowest BCUT2D eigenvalue weighted by Gasteiger charge is -2.34. The number of anilines is 1. The van der Waals surface area contributed by atoms with Crippen molar-refractivity contribution >= 4 is 17.5 Å². The monoisotopic (exact) mass is 367 g/mol. The van der Waals surface area contributed by atoms with Crippen molar-refractivity contribution in [2.24, 2.45) is 5.73 Å². The summed E-state index contributed by atoms with van der Waals surface area (Å²) in [7, 11) is 0. The highest BCUT2D eigenvalue weighted by molar-refractivity contribution is 5.94. The number of primary amides is 1. The van der Waals surface area contributed by atoms with Gasteiger partial charge in [0.1, 0.15) is 5.75 Å². The molecule has 2 amide bonds. The SMILES string of the molecule is CCCOc1ccccc1NC(=O)CN1Cc2ccccc2C[C@H]1C(N)=O. The Morgan fingerprint density at radius 1 is 1.15 bits per heavy atom. The zero-order valence-electron chi connectivity index (χ0n) is 15.5. The van der Waals surface area contributed by atoms with Gasteiger partial charge in [0.2, 0.25) is 11.8 Å². The third-order valence-electron chi connectivity index (χ3n) is 4.64. The van der Waals surface area contributed by atoms with Crippen LogP contribution in [0.3, 0.4) is 0 Å². The van der Waals surface area contributed by atoms with Crippen LogP contribution in [0.4, 0.5) is 5.69 Å². The maximum absolute atomic E-state index is 12.6. The van der Waals surface area contributed by atoms with Crippen LogP contribution in [0.5, 0.6) is 5.75 Å². The molecule has 0 spiro atoms. The van der Waals surface area contributed by atoms with Gasteiger partial charge >= 0.3 is 0 Å². The van der Waals surface area contributed by atoms with Crippen LogP contribution in [0.25, 0.3) is 0 Å². The molecule has 1 aliphatic heterocycles. The van der Waals surface area contributed by atoms with Gasteiger partial charge in [-0.05, 0) is 36.1 Å². The summed E-state index contributed by atoms with van der Waals surface area (Å²) in [4.78, 5) is 26.4. The largest absolute Gasteiger partial charge is 0.491 e. The number of hydrogen-bond donors (Lipinski definition) is 2. The van der Waals surface area contributed by atoms with Crippen LogP contribution in [0.1, 0.15) is 24.5 Å². The molecule has 6 nitrogen and oxygen atoms in total. The molecule has 1 heterocycles. The van der Waals surface area contributed by atoms with Gasteiger partial charge in [0.05, 0.1) is 24.9 Å². The molecule has 2 aromatic rings. The Morgan fingerprint density at radius 2 is 1.85 bits per heavy atom. The highest BCUT2D eigenvalue weighted by Gasteiger charge is 2.31. The number of benzene rings is 2. The van der Waals surface area contributed by atoms with Gasteiger partial charge in [0.25, 0.3) is 0 Å². The Hall–Kier alpha value is -2.86. The molecule has 3 rings (SSSR count). The molecular weight excluding hydrogens is 342 g/mol. The van der Waals surface area contributed by atoms with E-state index in [4.69, 9.17) is 10.5 Å². The molecule has 142 valence electrons. The molecule has 0 aromatic heterocycles. The van der Waals surface area contributed by atoms with Crippen molar-refractivity contribution in [3.63, 3.8) is 0 Å². The van der Waals surface area contributed by atoms with Crippen LogP contribution in [-0.2, 0) is 22.6 Å². The van der Waals surface area contributed by atoms with E-state index in [1.54, 1.807) is 6.07 Å². The number of amides is 2. The van der Waals surface area contributed by atoms with Crippen LogP contribution in [0.2, 0.25) is 0 Å². The summed E-state index contributed by atoms with van der Waals surface area (Å²) in [6.07, 6.45) is 1.41. The lowest BCUT2D eigenvalue weighted by Crippen LogP contribution is -2.50. The summed E-state index contributed by atoms with van der Waals surface area (Å²) < 4.78 is 5.68. The van der Waals surface area contributed by atoms with E-state index in [1.807, 2.05) is 54.3 Å². The number of carbonyl (C=O) groups is 2. The summed E-state index contributed by atoms with van der Waals surface area (Å²) in [6.45, 7) is 3.22. The van der Waals surface area contributed by atoms with E-state index in [-0.39, 0.29) is 12.5 Å². The minimum Gasteiger partial charge on any atom is -0.491 e. The van der Waals surface area contributed by atoms with Crippen molar-refractivity contribution in [2.45, 2.75) is 32.4 Å². The summed E-state index contributed by atoms with van der Waals surface area (Å²) >= 11 is 0. The number of carbonyl (C=O) groups excluding carboxylic acids is 2. The Kier molecular flexibility index (Phi) is 6.08. The molecule has 1 aliphatic rings. The first kappa shape index (κ1) is 18.9. The van der Waals surface area contributed by atoms with Crippen molar-refractivity contribution in [3.8, 4) is 5.75 Å². The number of nitrogens with two attached hydrogens (primary N) is 1. The summed E-state index contributed by atoms with van der Waals surface area (Å²) in [6, 6.07) is 14.8. The molecule has 0 fully saturated rings. The molecule has 3 N–H and O–H groups in total. The lowest BCUT2D eigenvalue weighted by molar-refractivity contribution is -0.125. The molecule has 1 atom stereocenters. The minimum atomic E-state index is -0.489. The number of fused-ring (bicyclic) bond motifs is 1. The fraction of sp³-hybridized carbons (Fsp3) is 0.333. The lowest BCUT2D eigenvalue weighted by atomic mass is 9.93. The highest BCUT2D eigenvalue weighted by Crippen LogP contribution is 2.25. The van der Waals surface area contributed by atoms with Gasteiger partial charge in [-0.1, -0.05) is 43.3 Å². The van der Waals surface area contributed by atoms with Gasteiger partial charge in [0.15, 0.2) is 0 Å². The zero-order chi connectivity index (χ0) is 19.2. The van der Waals surface area contributed by atoms with Crippen molar-refractivity contribution in [3.05, 3.63) is 59.7 Å². The first-order chi connectivity index (χ1) is 13.1. The van der Waals surface area contributed by atoms with E-state index in [9.17, 15) is 9.59 Å². The maximum Gasteiger partial charge on any atom is 0.238 e. The number of hydrogen-bond acceptors (Lipinski definition) is 4. The topological polar surface area (TPSA) is 84.7 Å². The average Bonchev–Trinajstić information content (AvgIpc) is 2.66. The average molecular weight is 367 g/mol. The molecule has 0 aliphatic carbocycles. The quantitative estimate of drug-likeness (QED) is 0.787. The molecular formula is C21H25N3O3. The smallest absolute Gasteiger partial charge is 0.238 e. The van der Waals surface area contributed by atoms with E-state index >= 15 is 0 Å². The highest BCUT2D eigenvalue weighted by atomic mass is 16.5. The number of ether oxygens (including phenoxy) is 1. The number of rotatable bonds is 7. The molecule has 0 radical (unpaired) electrons. The Morgan fingerprint density at radius 3 is 2.59 bits per heavy atom. The van der Waals surface area contributed by atoms with Crippen molar-refractivity contribution in [1.82, 2.24) is 4.90 Å². The molecule has 2 aromatic carbocycles. The third-order valence-corrected chi connectivity index (χ3v) is 4.64. The second-order valence-corrected chi connectivity index (χ2v) is 6.69. The van der Waals surface area contributed by atoms with Crippen molar-refractivity contribution < 1.29 is 14.3 Å². The van der Waals surface area contributed by atoms with Gasteiger partial charge in [-0.3, -0.25) is 14.5 Å². The first-order valence-corrected chi connectivity index (χ1v) is 9.20. The zero-order valence-corrected chi connectivity index (χ0v) is 15.5. The van der Waals surface area contributed by atoms with E-state index < -0.39 is 11.9 Å². The first-order valence-electron chi connectivity index (χ1n) is 9.20. The van der Waals surface area contributed by atoms with Gasteiger partial charge in [-0.25, -0.2) is 0 Å². The molecule has 0 unspecified atom stereocenters. The van der Waals surface area contributed by atoms with Crippen LogP contribution in [0.15, 0.2) is 48.5 Å². The normalized spacial score (nSPS) is 16.4. The second-order valence-electron chi connectivity index (χ2n) is 6.69. The minimum absolute atomic E-state index is 0.0874. The Balaban J connectivity index is 1.71. The summed E-state index contributed by atoms with van der Waals surface area (Å²) in [5, 5.41) is 2.89. The van der Waals surface area contributed by atoms with Gasteiger partial charge in [-0.2, -0.15) is 0 Å². The van der Waals surface area contributed by atoms with E-state index in [1.165, 1.54) is 0 Å².